The summed E-state index contributed by atoms with van der Waals surface area (Å²) in [7, 11) is -0.856. The number of hydrogen-bond acceptors (Lipinski definition) is 3. The molecule has 11 heavy (non-hydrogen) atoms. The minimum atomic E-state index is -0.856. The first-order valence-electron chi connectivity index (χ1n) is 3.37. The number of carbonyl (C=O) groups excluding carboxylic acids is 1. The lowest BCUT2D eigenvalue weighted by atomic mass is 10.7. The fraction of sp³-hybridized carbons (Fsp3) is 0.833. The highest BCUT2D eigenvalue weighted by Gasteiger charge is 1.98. The van der Waals surface area contributed by atoms with Gasteiger partial charge in [-0.05, 0) is 6.92 Å². The molecule has 0 aromatic rings. The summed E-state index contributed by atoms with van der Waals surface area (Å²) < 4.78 is 15.1. The van der Waals surface area contributed by atoms with Crippen molar-refractivity contribution in [1.29, 1.82) is 0 Å². The van der Waals surface area contributed by atoms with Gasteiger partial charge in [-0.25, -0.2) is 4.79 Å². The zero-order chi connectivity index (χ0) is 8.69. The van der Waals surface area contributed by atoms with Gasteiger partial charge in [0.2, 0.25) is 0 Å². The summed E-state index contributed by atoms with van der Waals surface area (Å²) >= 11 is 0. The second kappa shape index (κ2) is 6.15. The average molecular weight is 179 g/mol. The molecule has 0 aliphatic heterocycles. The van der Waals surface area contributed by atoms with Crippen LogP contribution in [0.1, 0.15) is 6.92 Å². The Morgan fingerprint density at radius 2 is 2.27 bits per heavy atom. The smallest absolute Gasteiger partial charge is 0.407 e. The van der Waals surface area contributed by atoms with Crippen LogP contribution in [0.15, 0.2) is 0 Å². The van der Waals surface area contributed by atoms with Crippen molar-refractivity contribution in [2.24, 2.45) is 0 Å². The average Bonchev–Trinajstić information content (AvgIpc) is 1.87. The molecule has 0 bridgehead atoms. The van der Waals surface area contributed by atoms with Crippen LogP contribution in [0.2, 0.25) is 0 Å². The topological polar surface area (TPSA) is 55.4 Å². The second-order valence-electron chi connectivity index (χ2n) is 1.92. The fourth-order valence-electron chi connectivity index (χ4n) is 0.479. The van der Waals surface area contributed by atoms with Crippen LogP contribution in [0.3, 0.4) is 0 Å². The van der Waals surface area contributed by atoms with Gasteiger partial charge in [-0.15, -0.1) is 0 Å². The van der Waals surface area contributed by atoms with Crippen LogP contribution >= 0.6 is 0 Å². The number of rotatable bonds is 4. The summed E-state index contributed by atoms with van der Waals surface area (Å²) in [6, 6.07) is 0. The predicted molar refractivity (Wildman–Crippen MR) is 44.0 cm³/mol. The molecule has 0 aliphatic carbocycles. The van der Waals surface area contributed by atoms with Gasteiger partial charge in [0.05, 0.1) is 6.61 Å². The maximum Gasteiger partial charge on any atom is 0.407 e. The lowest BCUT2D eigenvalue weighted by Crippen LogP contribution is -2.28. The molecule has 0 saturated carbocycles. The van der Waals surface area contributed by atoms with Crippen LogP contribution in [0, 0.1) is 0 Å². The monoisotopic (exact) mass is 179 g/mol. The van der Waals surface area contributed by atoms with E-state index >= 15 is 0 Å². The summed E-state index contributed by atoms with van der Waals surface area (Å²) in [5.74, 6) is 0.471. The molecule has 1 atom stereocenters. The summed E-state index contributed by atoms with van der Waals surface area (Å²) in [5.41, 5.74) is 0. The summed E-state index contributed by atoms with van der Waals surface area (Å²) in [5, 5.41) is 2.46. The van der Waals surface area contributed by atoms with E-state index in [0.29, 0.717) is 18.9 Å². The van der Waals surface area contributed by atoms with Gasteiger partial charge in [0.15, 0.2) is 0 Å². The van der Waals surface area contributed by atoms with Crippen molar-refractivity contribution in [1.82, 2.24) is 5.32 Å². The van der Waals surface area contributed by atoms with E-state index in [0.717, 1.165) is 0 Å². The van der Waals surface area contributed by atoms with Crippen molar-refractivity contribution in [2.75, 3.05) is 25.2 Å². The van der Waals surface area contributed by atoms with Gasteiger partial charge in [-0.1, -0.05) is 0 Å². The van der Waals surface area contributed by atoms with Gasteiger partial charge in [0.1, 0.15) is 0 Å². The van der Waals surface area contributed by atoms with E-state index in [-0.39, 0.29) is 0 Å². The fourth-order valence-corrected chi connectivity index (χ4v) is 0.868. The van der Waals surface area contributed by atoms with Crippen molar-refractivity contribution in [2.45, 2.75) is 6.92 Å². The third-order valence-corrected chi connectivity index (χ3v) is 1.71. The van der Waals surface area contributed by atoms with E-state index in [2.05, 4.69) is 10.1 Å². The van der Waals surface area contributed by atoms with Crippen LogP contribution in [0.5, 0.6) is 0 Å². The normalized spacial score (nSPS) is 12.2. The molecule has 1 amide bonds. The van der Waals surface area contributed by atoms with Crippen LogP contribution in [-0.4, -0.2) is 35.5 Å². The van der Waals surface area contributed by atoms with E-state index < -0.39 is 16.9 Å². The molecule has 1 N–H and O–H groups in total. The largest absolute Gasteiger partial charge is 0.450 e. The zero-order valence-electron chi connectivity index (χ0n) is 6.75. The third kappa shape index (κ3) is 7.32. The maximum atomic E-state index is 10.6. The van der Waals surface area contributed by atoms with Crippen molar-refractivity contribution in [3.8, 4) is 0 Å². The highest BCUT2D eigenvalue weighted by molar-refractivity contribution is 7.84. The van der Waals surface area contributed by atoms with Crippen LogP contribution in [0.4, 0.5) is 4.79 Å². The standard InChI is InChI=1S/C6H13NO3S/c1-3-10-6(8)7-4-5-11(2)9/h3-5H2,1-2H3,(H,7,8). The molecule has 66 valence electrons. The van der Waals surface area contributed by atoms with E-state index in [1.165, 1.54) is 0 Å². The molecule has 0 fully saturated rings. The lowest BCUT2D eigenvalue weighted by Gasteiger charge is -2.02. The maximum absolute atomic E-state index is 10.6. The Kier molecular flexibility index (Phi) is 5.83. The Hall–Kier alpha value is -0.580. The Morgan fingerprint density at radius 3 is 2.73 bits per heavy atom. The number of carbonyl (C=O) groups is 1. The van der Waals surface area contributed by atoms with Gasteiger partial charge in [0.25, 0.3) is 0 Å². The van der Waals surface area contributed by atoms with E-state index in [4.69, 9.17) is 0 Å². The lowest BCUT2D eigenvalue weighted by molar-refractivity contribution is 0.153. The van der Waals surface area contributed by atoms with Gasteiger partial charge in [0, 0.05) is 29.4 Å². The molecule has 0 rings (SSSR count). The molecular formula is C6H13NO3S. The van der Waals surface area contributed by atoms with Gasteiger partial charge < -0.3 is 10.1 Å². The summed E-state index contributed by atoms with van der Waals surface area (Å²) in [6.45, 7) is 2.50. The molecule has 4 nitrogen and oxygen atoms in total. The summed E-state index contributed by atoms with van der Waals surface area (Å²) in [4.78, 5) is 10.6. The number of nitrogens with one attached hydrogen (secondary N) is 1. The molecule has 0 spiro atoms. The predicted octanol–water partition coefficient (Wildman–Crippen LogP) is 0.111. The van der Waals surface area contributed by atoms with Crippen molar-refractivity contribution < 1.29 is 13.7 Å². The highest BCUT2D eigenvalue weighted by Crippen LogP contribution is 1.76. The number of ether oxygens (including phenoxy) is 1. The van der Waals surface area contributed by atoms with E-state index in [1.54, 1.807) is 13.2 Å². The van der Waals surface area contributed by atoms with Crippen LogP contribution in [0.25, 0.3) is 0 Å². The first-order chi connectivity index (χ1) is 5.16. The molecule has 5 heteroatoms. The number of hydrogen-bond donors (Lipinski definition) is 1. The Labute approximate surface area is 68.8 Å². The minimum absolute atomic E-state index is 0.362. The van der Waals surface area contributed by atoms with E-state index in [9.17, 15) is 9.00 Å². The number of alkyl carbamates (subject to hydrolysis) is 1. The summed E-state index contributed by atoms with van der Waals surface area (Å²) in [6.07, 6.45) is 1.14. The Morgan fingerprint density at radius 1 is 1.64 bits per heavy atom. The second-order valence-corrected chi connectivity index (χ2v) is 3.48. The van der Waals surface area contributed by atoms with E-state index in [1.807, 2.05) is 0 Å². The van der Waals surface area contributed by atoms with Crippen molar-refractivity contribution >= 4 is 16.9 Å². The molecule has 0 saturated heterocycles. The molecule has 0 radical (unpaired) electrons. The molecule has 1 unspecified atom stereocenters. The first kappa shape index (κ1) is 10.4. The zero-order valence-corrected chi connectivity index (χ0v) is 7.57. The quantitative estimate of drug-likeness (QED) is 0.666. The molecular weight excluding hydrogens is 166 g/mol. The van der Waals surface area contributed by atoms with Crippen molar-refractivity contribution in [3.63, 3.8) is 0 Å². The van der Waals surface area contributed by atoms with Gasteiger partial charge in [-0.2, -0.15) is 0 Å². The molecule has 0 heterocycles. The molecule has 0 aromatic heterocycles. The SMILES string of the molecule is CCOC(=O)NCCS(C)=O. The Balaban J connectivity index is 3.24. The van der Waals surface area contributed by atoms with Crippen molar-refractivity contribution in [3.05, 3.63) is 0 Å². The first-order valence-corrected chi connectivity index (χ1v) is 5.10. The number of amides is 1. The van der Waals surface area contributed by atoms with Gasteiger partial charge >= 0.3 is 6.09 Å². The molecule has 0 aliphatic rings. The third-order valence-electron chi connectivity index (χ3n) is 0.934. The minimum Gasteiger partial charge on any atom is -0.450 e. The molecule has 0 aromatic carbocycles. The van der Waals surface area contributed by atoms with Gasteiger partial charge in [-0.3, -0.25) is 4.21 Å². The van der Waals surface area contributed by atoms with Crippen LogP contribution < -0.4 is 5.32 Å². The highest BCUT2D eigenvalue weighted by atomic mass is 32.2. The van der Waals surface area contributed by atoms with Crippen LogP contribution in [-0.2, 0) is 15.5 Å². The Bertz CT molecular complexity index is 149.